The van der Waals surface area contributed by atoms with Crippen molar-refractivity contribution in [3.63, 3.8) is 0 Å². The van der Waals surface area contributed by atoms with Crippen molar-refractivity contribution in [1.82, 2.24) is 0 Å². The fraction of sp³-hybridized carbons (Fsp3) is 0. The molecule has 1 aliphatic heterocycles. The van der Waals surface area contributed by atoms with Gasteiger partial charge >= 0.3 is 0 Å². The summed E-state index contributed by atoms with van der Waals surface area (Å²) in [5.74, 6) is 0. The van der Waals surface area contributed by atoms with Crippen LogP contribution in [0.4, 0.5) is 11.4 Å². The van der Waals surface area contributed by atoms with Crippen molar-refractivity contribution in [3.05, 3.63) is 109 Å². The summed E-state index contributed by atoms with van der Waals surface area (Å²) in [4.78, 5) is 2.50. The molecule has 0 spiro atoms. The predicted molar refractivity (Wildman–Crippen MR) is 126 cm³/mol. The molecule has 0 saturated heterocycles. The van der Waals surface area contributed by atoms with Crippen LogP contribution in [0.3, 0.4) is 0 Å². The van der Waals surface area contributed by atoms with Gasteiger partial charge in [-0.15, -0.1) is 0 Å². The van der Waals surface area contributed by atoms with E-state index in [2.05, 4.69) is 114 Å². The van der Waals surface area contributed by atoms with E-state index in [1.54, 1.807) is 0 Å². The van der Waals surface area contributed by atoms with E-state index in [1.807, 2.05) is 11.8 Å². The molecule has 0 saturated carbocycles. The van der Waals surface area contributed by atoms with Crippen LogP contribution in [0.2, 0.25) is 0 Å². The highest BCUT2D eigenvalue weighted by atomic mass is 32.4. The first-order valence-corrected chi connectivity index (χ1v) is 12.7. The normalized spacial score (nSPS) is 12.9. The van der Waals surface area contributed by atoms with Crippen LogP contribution in [0, 0.1) is 0 Å². The number of rotatable bonds is 3. The fourth-order valence-corrected chi connectivity index (χ4v) is 8.95. The summed E-state index contributed by atoms with van der Waals surface area (Å²) in [6.45, 7) is 0. The quantitative estimate of drug-likeness (QED) is 0.360. The molecule has 0 amide bonds. The van der Waals surface area contributed by atoms with E-state index in [1.165, 1.54) is 31.8 Å². The highest BCUT2D eigenvalue weighted by Gasteiger charge is 2.36. The Balaban J connectivity index is 1.85. The molecule has 5 rings (SSSR count). The summed E-state index contributed by atoms with van der Waals surface area (Å²) in [6, 6.07) is 38.4. The molecule has 1 aliphatic rings. The molecule has 0 N–H and O–H groups in total. The number of fused-ring (bicyclic) bond motifs is 2. The number of anilines is 2. The Morgan fingerprint density at radius 2 is 0.929 bits per heavy atom. The van der Waals surface area contributed by atoms with Gasteiger partial charge < -0.3 is 4.67 Å². The van der Waals surface area contributed by atoms with E-state index < -0.39 is 6.19 Å². The van der Waals surface area contributed by atoms with E-state index in [-0.39, 0.29) is 0 Å². The van der Waals surface area contributed by atoms with Gasteiger partial charge in [0.15, 0.2) is 0 Å². The van der Waals surface area contributed by atoms with Crippen molar-refractivity contribution >= 4 is 51.7 Å². The molecule has 0 radical (unpaired) electrons. The zero-order valence-electron chi connectivity index (χ0n) is 15.1. The number of benzene rings is 4. The maximum atomic E-state index is 6.63. The van der Waals surface area contributed by atoms with Crippen molar-refractivity contribution in [1.29, 1.82) is 0 Å². The minimum Gasteiger partial charge on any atom is -0.303 e. The van der Waals surface area contributed by atoms with Crippen LogP contribution in [0.25, 0.3) is 0 Å². The van der Waals surface area contributed by atoms with Crippen LogP contribution in [-0.2, 0) is 11.8 Å². The maximum absolute atomic E-state index is 6.63. The Morgan fingerprint density at radius 3 is 1.39 bits per heavy atom. The van der Waals surface area contributed by atoms with Crippen molar-refractivity contribution in [2.75, 3.05) is 4.67 Å². The molecule has 1 heterocycles. The summed E-state index contributed by atoms with van der Waals surface area (Å²) in [6.07, 6.45) is -2.31. The third kappa shape index (κ3) is 2.82. The molecule has 0 bridgehead atoms. The molecule has 4 aromatic rings. The summed E-state index contributed by atoms with van der Waals surface area (Å²) in [7, 11) is 0. The molecule has 4 aromatic carbocycles. The molecule has 0 unspecified atom stereocenters. The van der Waals surface area contributed by atoms with Gasteiger partial charge in [0.2, 0.25) is 0 Å². The Labute approximate surface area is 175 Å². The molecule has 1 nitrogen and oxygen atoms in total. The topological polar surface area (TPSA) is 3.24 Å². The third-order valence-electron chi connectivity index (χ3n) is 4.90. The van der Waals surface area contributed by atoms with Crippen LogP contribution in [0.5, 0.6) is 0 Å². The molecule has 136 valence electrons. The van der Waals surface area contributed by atoms with Gasteiger partial charge in [0.25, 0.3) is 0 Å². The lowest BCUT2D eigenvalue weighted by Crippen LogP contribution is -2.30. The Hall–Kier alpha value is -2.32. The van der Waals surface area contributed by atoms with Gasteiger partial charge in [-0.25, -0.2) is 0 Å². The lowest BCUT2D eigenvalue weighted by Gasteiger charge is -2.41. The van der Waals surface area contributed by atoms with Crippen molar-refractivity contribution in [3.8, 4) is 0 Å². The smallest absolute Gasteiger partial charge is 0.0973 e. The second kappa shape index (κ2) is 7.25. The van der Waals surface area contributed by atoms with Gasteiger partial charge in [-0.05, 0) is 24.3 Å². The summed E-state index contributed by atoms with van der Waals surface area (Å²) in [5, 5.41) is 2.40. The molecular weight excluding hydrogens is 397 g/mol. The minimum atomic E-state index is -2.31. The standard InChI is InChI=1S/C24H18NPS2/c27-26(19-11-3-1-4-12-19,20-13-5-2-6-14-20)25-21-15-7-9-17-23(21)28-24-18-10-8-16-22(24)25/h1-18H. The van der Waals surface area contributed by atoms with Gasteiger partial charge in [-0.3, -0.25) is 0 Å². The van der Waals surface area contributed by atoms with Crippen LogP contribution in [-0.4, -0.2) is 0 Å². The molecule has 0 fully saturated rings. The number of hydrogen-bond acceptors (Lipinski definition) is 2. The molecule has 28 heavy (non-hydrogen) atoms. The molecule has 4 heteroatoms. The molecule has 0 aromatic heterocycles. The van der Waals surface area contributed by atoms with Crippen molar-refractivity contribution in [2.45, 2.75) is 9.79 Å². The number of nitrogens with zero attached hydrogens (tertiary/aromatic N) is 1. The highest BCUT2D eigenvalue weighted by Crippen LogP contribution is 2.61. The van der Waals surface area contributed by atoms with Crippen LogP contribution in [0.1, 0.15) is 0 Å². The average Bonchev–Trinajstić information content (AvgIpc) is 2.78. The first kappa shape index (κ1) is 17.8. The van der Waals surface area contributed by atoms with Gasteiger partial charge in [0.1, 0.15) is 0 Å². The van der Waals surface area contributed by atoms with Crippen LogP contribution < -0.4 is 15.3 Å². The highest BCUT2D eigenvalue weighted by molar-refractivity contribution is 8.22. The van der Waals surface area contributed by atoms with Gasteiger partial charge in [-0.2, -0.15) is 0 Å². The largest absolute Gasteiger partial charge is 0.303 e. The first-order valence-electron chi connectivity index (χ1n) is 9.16. The van der Waals surface area contributed by atoms with E-state index in [9.17, 15) is 0 Å². The number of para-hydroxylation sites is 2. The van der Waals surface area contributed by atoms with Crippen molar-refractivity contribution < 1.29 is 0 Å². The average molecular weight is 416 g/mol. The SMILES string of the molecule is S=P(c1ccccc1)(c1ccccc1)N1c2ccccc2Sc2ccccc21. The summed E-state index contributed by atoms with van der Waals surface area (Å²) < 4.78 is 2.44. The molecule has 0 aliphatic carbocycles. The second-order valence-electron chi connectivity index (χ2n) is 6.60. The molecule has 0 atom stereocenters. The van der Waals surface area contributed by atoms with E-state index in [0.717, 1.165) is 0 Å². The molecular formula is C24H18NPS2. The Bertz CT molecular complexity index is 1090. The monoisotopic (exact) mass is 415 g/mol. The zero-order valence-corrected chi connectivity index (χ0v) is 17.6. The van der Waals surface area contributed by atoms with Gasteiger partial charge in [0.05, 0.1) is 17.6 Å². The second-order valence-corrected chi connectivity index (χ2v) is 11.9. The number of hydrogen-bond donors (Lipinski definition) is 0. The predicted octanol–water partition coefficient (Wildman–Crippen LogP) is 6.33. The van der Waals surface area contributed by atoms with E-state index in [4.69, 9.17) is 11.8 Å². The van der Waals surface area contributed by atoms with Crippen LogP contribution in [0.15, 0.2) is 119 Å². The van der Waals surface area contributed by atoms with Crippen molar-refractivity contribution in [2.24, 2.45) is 0 Å². The first-order chi connectivity index (χ1) is 13.8. The minimum absolute atomic E-state index is 1.20. The van der Waals surface area contributed by atoms with E-state index >= 15 is 0 Å². The lowest BCUT2D eigenvalue weighted by molar-refractivity contribution is 1.24. The van der Waals surface area contributed by atoms with Crippen LogP contribution >= 0.6 is 18.0 Å². The summed E-state index contributed by atoms with van der Waals surface area (Å²) in [5.41, 5.74) is 2.39. The van der Waals surface area contributed by atoms with Gasteiger partial charge in [0, 0.05) is 20.4 Å². The van der Waals surface area contributed by atoms with Gasteiger partial charge in [-0.1, -0.05) is 108 Å². The Kier molecular flexibility index (Phi) is 4.60. The Morgan fingerprint density at radius 1 is 0.536 bits per heavy atom. The zero-order chi connectivity index (χ0) is 19.0. The summed E-state index contributed by atoms with van der Waals surface area (Å²) >= 11 is 8.46. The third-order valence-corrected chi connectivity index (χ3v) is 10.8. The lowest BCUT2D eigenvalue weighted by atomic mass is 10.2. The fourth-order valence-electron chi connectivity index (χ4n) is 3.63. The maximum Gasteiger partial charge on any atom is 0.0973 e. The van der Waals surface area contributed by atoms with E-state index in [0.29, 0.717) is 0 Å².